The molecule has 2 aliphatic carbocycles. The molecule has 3 aliphatic rings. The lowest BCUT2D eigenvalue weighted by Gasteiger charge is -2.45. The van der Waals surface area contributed by atoms with Crippen molar-refractivity contribution in [2.75, 3.05) is 11.6 Å². The average molecular weight is 606 g/mol. The fraction of sp³-hybridized carbons (Fsp3) is 0.387. The standard InChI is InChI=1S/C31H30F3N7O3/c1-30(13-21(18-36)11-23(32)14-30)40(28(22-5-3-2-4-6-22)29(43)38-24-15-31(33,34)16-24)19-44-39-25-7-8-27(42)41(25)26-12-20(17-35)9-10-37-26/h2-6,9-13,24-25,28,39H,7-8,14-16,19H2,1H3,(H,38,43)/t25?,28-,30?/m0/s1. The summed E-state index contributed by atoms with van der Waals surface area (Å²) >= 11 is 0. The molecule has 0 radical (unpaired) electrons. The van der Waals surface area contributed by atoms with E-state index in [2.05, 4.69) is 15.8 Å². The van der Waals surface area contributed by atoms with E-state index < -0.39 is 54.3 Å². The molecule has 2 heterocycles. The van der Waals surface area contributed by atoms with E-state index >= 15 is 0 Å². The van der Waals surface area contributed by atoms with Gasteiger partial charge >= 0.3 is 0 Å². The van der Waals surface area contributed by atoms with E-state index in [9.17, 15) is 33.3 Å². The molecule has 2 fully saturated rings. The highest BCUT2D eigenvalue weighted by atomic mass is 19.3. The number of hydroxylamine groups is 1. The van der Waals surface area contributed by atoms with Crippen molar-refractivity contribution in [2.45, 2.75) is 68.7 Å². The molecule has 10 nitrogen and oxygen atoms in total. The third-order valence-corrected chi connectivity index (χ3v) is 7.96. The third-order valence-electron chi connectivity index (χ3n) is 7.96. The number of pyridine rings is 1. The lowest BCUT2D eigenvalue weighted by Crippen LogP contribution is -2.57. The SMILES string of the molecule is CC1(N(CONC2CCC(=O)N2c2cc(C#N)ccn2)[C@H](C(=O)NC2CC(F)(F)C2)c2ccccc2)C=C(C#N)C=C(F)C1. The number of aromatic nitrogens is 1. The largest absolute Gasteiger partial charge is 0.351 e. The summed E-state index contributed by atoms with van der Waals surface area (Å²) in [7, 11) is 0. The average Bonchev–Trinajstić information content (AvgIpc) is 3.35. The van der Waals surface area contributed by atoms with E-state index in [4.69, 9.17) is 4.84 Å². The summed E-state index contributed by atoms with van der Waals surface area (Å²) in [4.78, 5) is 39.7. The fourth-order valence-corrected chi connectivity index (χ4v) is 5.81. The van der Waals surface area contributed by atoms with Gasteiger partial charge in [-0.25, -0.2) is 18.2 Å². The lowest BCUT2D eigenvalue weighted by atomic mass is 9.85. The number of benzene rings is 1. The van der Waals surface area contributed by atoms with Crippen LogP contribution in [0.4, 0.5) is 19.0 Å². The van der Waals surface area contributed by atoms with Crippen LogP contribution < -0.4 is 15.7 Å². The van der Waals surface area contributed by atoms with Crippen molar-refractivity contribution in [3.05, 3.63) is 83.3 Å². The molecule has 0 bridgehead atoms. The van der Waals surface area contributed by atoms with Gasteiger partial charge in [0.2, 0.25) is 11.8 Å². The van der Waals surface area contributed by atoms with Crippen molar-refractivity contribution in [3.63, 3.8) is 0 Å². The smallest absolute Gasteiger partial charge is 0.252 e. The number of carbonyl (C=O) groups is 2. The van der Waals surface area contributed by atoms with Crippen molar-refractivity contribution in [1.29, 1.82) is 10.5 Å². The molecule has 2 aromatic rings. The lowest BCUT2D eigenvalue weighted by molar-refractivity contribution is -0.144. The quantitative estimate of drug-likeness (QED) is 0.302. The molecule has 44 heavy (non-hydrogen) atoms. The van der Waals surface area contributed by atoms with E-state index in [-0.39, 0.29) is 36.9 Å². The monoisotopic (exact) mass is 605 g/mol. The maximum atomic E-state index is 14.9. The summed E-state index contributed by atoms with van der Waals surface area (Å²) in [6.45, 7) is 1.32. The number of nitriles is 2. The fourth-order valence-electron chi connectivity index (χ4n) is 5.81. The van der Waals surface area contributed by atoms with Gasteiger partial charge in [-0.05, 0) is 43.2 Å². The summed E-state index contributed by atoms with van der Waals surface area (Å²) in [5.41, 5.74) is 2.46. The summed E-state index contributed by atoms with van der Waals surface area (Å²) in [6.07, 6.45) is 2.78. The molecule has 2 unspecified atom stereocenters. The van der Waals surface area contributed by atoms with E-state index in [1.165, 1.54) is 23.2 Å². The maximum absolute atomic E-state index is 14.9. The minimum absolute atomic E-state index is 0.0519. The first-order chi connectivity index (χ1) is 21.0. The van der Waals surface area contributed by atoms with E-state index in [1.54, 1.807) is 48.2 Å². The third kappa shape index (κ3) is 6.65. The molecule has 1 aromatic carbocycles. The van der Waals surface area contributed by atoms with Crippen molar-refractivity contribution >= 4 is 17.6 Å². The van der Waals surface area contributed by atoms with Crippen LogP contribution in [0.15, 0.2) is 72.2 Å². The minimum Gasteiger partial charge on any atom is -0.351 e. The number of nitrogens with zero attached hydrogens (tertiary/aromatic N) is 5. The zero-order valence-electron chi connectivity index (χ0n) is 23.8. The highest BCUT2D eigenvalue weighted by molar-refractivity contribution is 5.95. The number of rotatable bonds is 10. The van der Waals surface area contributed by atoms with E-state index in [1.807, 2.05) is 12.1 Å². The number of halogens is 3. The molecular formula is C31H30F3N7O3. The van der Waals surface area contributed by atoms with Gasteiger partial charge in [0, 0.05) is 43.5 Å². The molecule has 13 heteroatoms. The molecule has 1 saturated heterocycles. The number of carbonyl (C=O) groups excluding carboxylic acids is 2. The Kier molecular flexibility index (Phi) is 8.83. The van der Waals surface area contributed by atoms with Crippen LogP contribution in [0.3, 0.4) is 0 Å². The molecule has 3 atom stereocenters. The second kappa shape index (κ2) is 12.6. The second-order valence-corrected chi connectivity index (χ2v) is 11.3. The van der Waals surface area contributed by atoms with Crippen LogP contribution in [0.5, 0.6) is 0 Å². The molecule has 5 rings (SSSR count). The van der Waals surface area contributed by atoms with Gasteiger partial charge in [-0.2, -0.15) is 16.0 Å². The topological polar surface area (TPSA) is 134 Å². The molecule has 2 N–H and O–H groups in total. The zero-order valence-corrected chi connectivity index (χ0v) is 23.8. The van der Waals surface area contributed by atoms with Crippen LogP contribution in [0.1, 0.15) is 56.2 Å². The predicted octanol–water partition coefficient (Wildman–Crippen LogP) is 4.31. The van der Waals surface area contributed by atoms with Gasteiger partial charge in [-0.1, -0.05) is 30.3 Å². The number of hydrogen-bond acceptors (Lipinski definition) is 8. The predicted molar refractivity (Wildman–Crippen MR) is 152 cm³/mol. The normalized spacial score (nSPS) is 23.7. The molecule has 2 amide bonds. The molecule has 1 aromatic heterocycles. The van der Waals surface area contributed by atoms with Crippen LogP contribution >= 0.6 is 0 Å². The Balaban J connectivity index is 1.44. The number of nitrogens with one attached hydrogen (secondary N) is 2. The number of anilines is 1. The number of hydrogen-bond donors (Lipinski definition) is 2. The van der Waals surface area contributed by atoms with Crippen LogP contribution in [-0.2, 0) is 14.4 Å². The Hall–Kier alpha value is -4.56. The zero-order chi connectivity index (χ0) is 31.5. The van der Waals surface area contributed by atoms with Gasteiger partial charge in [0.15, 0.2) is 0 Å². The van der Waals surface area contributed by atoms with Crippen molar-refractivity contribution in [2.24, 2.45) is 0 Å². The van der Waals surface area contributed by atoms with E-state index in [0.29, 0.717) is 17.5 Å². The maximum Gasteiger partial charge on any atom is 0.252 e. The van der Waals surface area contributed by atoms with Gasteiger partial charge in [0.25, 0.3) is 5.92 Å². The van der Waals surface area contributed by atoms with Crippen molar-refractivity contribution < 1.29 is 27.6 Å². The summed E-state index contributed by atoms with van der Waals surface area (Å²) in [5, 5.41) is 21.6. The van der Waals surface area contributed by atoms with Gasteiger partial charge in [0.05, 0.1) is 23.3 Å². The Morgan fingerprint density at radius 3 is 2.66 bits per heavy atom. The van der Waals surface area contributed by atoms with Gasteiger partial charge in [-0.3, -0.25) is 24.2 Å². The second-order valence-electron chi connectivity index (χ2n) is 11.3. The molecule has 228 valence electrons. The van der Waals surface area contributed by atoms with Gasteiger partial charge in [0.1, 0.15) is 30.6 Å². The van der Waals surface area contributed by atoms with Crippen molar-refractivity contribution in [3.8, 4) is 12.1 Å². The van der Waals surface area contributed by atoms with Gasteiger partial charge in [-0.15, -0.1) is 0 Å². The Morgan fingerprint density at radius 1 is 1.23 bits per heavy atom. The number of amides is 2. The number of alkyl halides is 2. The Labute approximate surface area is 252 Å². The van der Waals surface area contributed by atoms with E-state index in [0.717, 1.165) is 6.08 Å². The van der Waals surface area contributed by atoms with Crippen molar-refractivity contribution in [1.82, 2.24) is 20.7 Å². The summed E-state index contributed by atoms with van der Waals surface area (Å²) in [5.74, 6) is -3.99. The van der Waals surface area contributed by atoms with Crippen LogP contribution in [0.25, 0.3) is 0 Å². The highest BCUT2D eigenvalue weighted by Crippen LogP contribution is 2.40. The minimum atomic E-state index is -2.85. The first-order valence-corrected chi connectivity index (χ1v) is 14.1. The Morgan fingerprint density at radius 2 is 1.98 bits per heavy atom. The first kappa shape index (κ1) is 30.9. The molecular weight excluding hydrogens is 575 g/mol. The van der Waals surface area contributed by atoms with Crippen LogP contribution in [0, 0.1) is 22.7 Å². The molecule has 1 saturated carbocycles. The summed E-state index contributed by atoms with van der Waals surface area (Å²) in [6, 6.07) is 13.7. The molecule has 1 aliphatic heterocycles. The summed E-state index contributed by atoms with van der Waals surface area (Å²) < 4.78 is 42.2. The van der Waals surface area contributed by atoms with Crippen LogP contribution in [-0.4, -0.2) is 52.1 Å². The Bertz CT molecular complexity index is 1560. The molecule has 0 spiro atoms. The van der Waals surface area contributed by atoms with Gasteiger partial charge < -0.3 is 5.32 Å². The highest BCUT2D eigenvalue weighted by Gasteiger charge is 2.48. The first-order valence-electron chi connectivity index (χ1n) is 14.1. The van der Waals surface area contributed by atoms with Crippen LogP contribution in [0.2, 0.25) is 0 Å². The number of allylic oxidation sites excluding steroid dienone is 2.